The van der Waals surface area contributed by atoms with E-state index in [-0.39, 0.29) is 5.91 Å². The molecule has 5 nitrogen and oxygen atoms in total. The molecule has 0 fully saturated rings. The van der Waals surface area contributed by atoms with Crippen molar-refractivity contribution in [2.75, 3.05) is 0 Å². The first-order valence-electron chi connectivity index (χ1n) is 8.60. The molecule has 27 heavy (non-hydrogen) atoms. The number of benzene rings is 1. The highest BCUT2D eigenvalue weighted by molar-refractivity contribution is 9.10. The van der Waals surface area contributed by atoms with Gasteiger partial charge in [0.15, 0.2) is 6.10 Å². The number of amides is 1. The van der Waals surface area contributed by atoms with Crippen molar-refractivity contribution >= 4 is 21.8 Å². The summed E-state index contributed by atoms with van der Waals surface area (Å²) in [7, 11) is 0. The minimum absolute atomic E-state index is 0.0846. The van der Waals surface area contributed by atoms with Crippen LogP contribution in [0.2, 0.25) is 0 Å². The predicted octanol–water partition coefficient (Wildman–Crippen LogP) is 4.24. The molecule has 2 heterocycles. The second kappa shape index (κ2) is 9.28. The molecule has 2 aromatic heterocycles. The van der Waals surface area contributed by atoms with Gasteiger partial charge in [-0.25, -0.2) is 0 Å². The van der Waals surface area contributed by atoms with Crippen molar-refractivity contribution in [2.24, 2.45) is 0 Å². The van der Waals surface area contributed by atoms with E-state index in [1.54, 1.807) is 36.6 Å². The van der Waals surface area contributed by atoms with E-state index < -0.39 is 6.10 Å². The summed E-state index contributed by atoms with van der Waals surface area (Å²) < 4.78 is 6.81. The maximum absolute atomic E-state index is 13.1. The van der Waals surface area contributed by atoms with Crippen LogP contribution in [0.25, 0.3) is 0 Å². The molecular formula is C21H20BrN3O2. The SMILES string of the molecule is CC(Oc1ccc(Br)cc1)C(=O)N(Cc1ccncc1)Cc1cccnc1. The van der Waals surface area contributed by atoms with Crippen molar-refractivity contribution in [3.63, 3.8) is 0 Å². The molecule has 1 unspecified atom stereocenters. The number of ether oxygens (including phenoxy) is 1. The molecule has 3 rings (SSSR count). The lowest BCUT2D eigenvalue weighted by Gasteiger charge is -2.26. The summed E-state index contributed by atoms with van der Waals surface area (Å²) in [6, 6.07) is 15.1. The quantitative estimate of drug-likeness (QED) is 0.567. The van der Waals surface area contributed by atoms with Crippen LogP contribution in [-0.4, -0.2) is 26.9 Å². The Labute approximate surface area is 167 Å². The van der Waals surface area contributed by atoms with Gasteiger partial charge in [0.05, 0.1) is 0 Å². The molecule has 0 radical (unpaired) electrons. The molecule has 0 saturated heterocycles. The van der Waals surface area contributed by atoms with Crippen LogP contribution >= 0.6 is 15.9 Å². The standard InChI is InChI=1S/C21H20BrN3O2/c1-16(27-20-6-4-19(22)5-7-20)21(26)25(14-17-8-11-23-12-9-17)15-18-3-2-10-24-13-18/h2-13,16H,14-15H2,1H3. The Balaban J connectivity index is 1.75. The van der Waals surface area contributed by atoms with Crippen molar-refractivity contribution < 1.29 is 9.53 Å². The summed E-state index contributed by atoms with van der Waals surface area (Å²) in [5.74, 6) is 0.572. The summed E-state index contributed by atoms with van der Waals surface area (Å²) in [6.07, 6.45) is 6.34. The van der Waals surface area contributed by atoms with Gasteiger partial charge >= 0.3 is 0 Å². The van der Waals surface area contributed by atoms with E-state index in [1.807, 2.05) is 48.5 Å². The van der Waals surface area contributed by atoms with E-state index in [9.17, 15) is 4.79 Å². The topological polar surface area (TPSA) is 55.3 Å². The molecule has 0 saturated carbocycles. The Hall–Kier alpha value is -2.73. The van der Waals surface area contributed by atoms with E-state index in [1.165, 1.54) is 0 Å². The van der Waals surface area contributed by atoms with E-state index in [4.69, 9.17) is 4.74 Å². The monoisotopic (exact) mass is 425 g/mol. The van der Waals surface area contributed by atoms with Crippen molar-refractivity contribution in [2.45, 2.75) is 26.1 Å². The number of carbonyl (C=O) groups is 1. The van der Waals surface area contributed by atoms with E-state index >= 15 is 0 Å². The van der Waals surface area contributed by atoms with Crippen LogP contribution in [0.4, 0.5) is 0 Å². The van der Waals surface area contributed by atoms with Gasteiger partial charge in [-0.3, -0.25) is 14.8 Å². The molecule has 0 aliphatic heterocycles. The number of hydrogen-bond acceptors (Lipinski definition) is 4. The number of rotatable bonds is 7. The third kappa shape index (κ3) is 5.62. The highest BCUT2D eigenvalue weighted by Gasteiger charge is 2.23. The average Bonchev–Trinajstić information content (AvgIpc) is 2.70. The fraction of sp³-hybridized carbons (Fsp3) is 0.190. The van der Waals surface area contributed by atoms with Gasteiger partial charge in [0.1, 0.15) is 5.75 Å². The molecule has 1 amide bonds. The van der Waals surface area contributed by atoms with Gasteiger partial charge in [-0.15, -0.1) is 0 Å². The number of nitrogens with zero attached hydrogens (tertiary/aromatic N) is 3. The number of hydrogen-bond donors (Lipinski definition) is 0. The zero-order valence-electron chi connectivity index (χ0n) is 15.0. The fourth-order valence-electron chi connectivity index (χ4n) is 2.66. The Kier molecular flexibility index (Phi) is 6.54. The van der Waals surface area contributed by atoms with Crippen LogP contribution in [0.15, 0.2) is 77.8 Å². The number of carbonyl (C=O) groups excluding carboxylic acids is 1. The molecule has 0 bridgehead atoms. The molecular weight excluding hydrogens is 406 g/mol. The molecule has 1 aromatic carbocycles. The highest BCUT2D eigenvalue weighted by Crippen LogP contribution is 2.19. The number of pyridine rings is 2. The van der Waals surface area contributed by atoms with Crippen LogP contribution in [0, 0.1) is 0 Å². The molecule has 6 heteroatoms. The second-order valence-corrected chi connectivity index (χ2v) is 7.04. The molecule has 0 aliphatic rings. The third-order valence-electron chi connectivity index (χ3n) is 4.00. The van der Waals surface area contributed by atoms with Crippen molar-refractivity contribution in [1.29, 1.82) is 0 Å². The van der Waals surface area contributed by atoms with Crippen LogP contribution in [0.1, 0.15) is 18.1 Å². The van der Waals surface area contributed by atoms with Crippen molar-refractivity contribution in [3.05, 3.63) is 88.9 Å². The molecule has 0 aliphatic carbocycles. The Morgan fingerprint density at radius 3 is 2.37 bits per heavy atom. The smallest absolute Gasteiger partial charge is 0.263 e. The summed E-state index contributed by atoms with van der Waals surface area (Å²) >= 11 is 3.40. The number of halogens is 1. The van der Waals surface area contributed by atoms with Gasteiger partial charge < -0.3 is 9.64 Å². The van der Waals surface area contributed by atoms with Crippen molar-refractivity contribution in [3.8, 4) is 5.75 Å². The summed E-state index contributed by atoms with van der Waals surface area (Å²) in [5, 5.41) is 0. The van der Waals surface area contributed by atoms with E-state index in [0.717, 1.165) is 15.6 Å². The van der Waals surface area contributed by atoms with E-state index in [0.29, 0.717) is 18.8 Å². The summed E-state index contributed by atoms with van der Waals surface area (Å²) in [5.41, 5.74) is 1.98. The van der Waals surface area contributed by atoms with Crippen molar-refractivity contribution in [1.82, 2.24) is 14.9 Å². The zero-order chi connectivity index (χ0) is 19.1. The first kappa shape index (κ1) is 19.0. The highest BCUT2D eigenvalue weighted by atomic mass is 79.9. The lowest BCUT2D eigenvalue weighted by molar-refractivity contribution is -0.139. The van der Waals surface area contributed by atoms with Gasteiger partial charge in [0.2, 0.25) is 0 Å². The first-order valence-corrected chi connectivity index (χ1v) is 9.40. The largest absolute Gasteiger partial charge is 0.481 e. The molecule has 1 atom stereocenters. The summed E-state index contributed by atoms with van der Waals surface area (Å²) in [6.45, 7) is 2.71. The van der Waals surface area contributed by atoms with Gasteiger partial charge in [-0.2, -0.15) is 0 Å². The van der Waals surface area contributed by atoms with Crippen LogP contribution in [-0.2, 0) is 17.9 Å². The maximum atomic E-state index is 13.1. The average molecular weight is 426 g/mol. The minimum Gasteiger partial charge on any atom is -0.481 e. The Morgan fingerprint density at radius 1 is 1.00 bits per heavy atom. The fourth-order valence-corrected chi connectivity index (χ4v) is 2.92. The molecule has 0 N–H and O–H groups in total. The first-order chi connectivity index (χ1) is 13.1. The van der Waals surface area contributed by atoms with Gasteiger partial charge in [0.25, 0.3) is 5.91 Å². The van der Waals surface area contributed by atoms with Crippen LogP contribution < -0.4 is 4.74 Å². The number of aromatic nitrogens is 2. The predicted molar refractivity (Wildman–Crippen MR) is 107 cm³/mol. The molecule has 3 aromatic rings. The third-order valence-corrected chi connectivity index (χ3v) is 4.53. The van der Waals surface area contributed by atoms with Crippen LogP contribution in [0.5, 0.6) is 5.75 Å². The lowest BCUT2D eigenvalue weighted by atomic mass is 10.2. The minimum atomic E-state index is -0.607. The molecule has 138 valence electrons. The van der Waals surface area contributed by atoms with E-state index in [2.05, 4.69) is 25.9 Å². The van der Waals surface area contributed by atoms with Gasteiger partial charge in [-0.05, 0) is 60.5 Å². The van der Waals surface area contributed by atoms with Crippen LogP contribution in [0.3, 0.4) is 0 Å². The molecule has 0 spiro atoms. The summed E-state index contributed by atoms with van der Waals surface area (Å²) in [4.78, 5) is 23.0. The maximum Gasteiger partial charge on any atom is 0.263 e. The Morgan fingerprint density at radius 2 is 1.70 bits per heavy atom. The Bertz CT molecular complexity index is 816. The zero-order valence-corrected chi connectivity index (χ0v) is 16.5. The van der Waals surface area contributed by atoms with Gasteiger partial charge in [-0.1, -0.05) is 22.0 Å². The second-order valence-electron chi connectivity index (χ2n) is 6.13. The normalized spacial score (nSPS) is 11.6. The van der Waals surface area contributed by atoms with Gasteiger partial charge in [0, 0.05) is 42.3 Å². The lowest BCUT2D eigenvalue weighted by Crippen LogP contribution is -2.39.